The van der Waals surface area contributed by atoms with Crippen LogP contribution in [0.4, 0.5) is 0 Å². The molecule has 0 atom stereocenters. The number of benzene rings is 3. The molecule has 5 rings (SSSR count). The highest BCUT2D eigenvalue weighted by atomic mass is 35.5. The van der Waals surface area contributed by atoms with Gasteiger partial charge in [0.25, 0.3) is 0 Å². The lowest BCUT2D eigenvalue weighted by Gasteiger charge is -2.34. The van der Waals surface area contributed by atoms with Gasteiger partial charge in [0.05, 0.1) is 11.2 Å². The van der Waals surface area contributed by atoms with Gasteiger partial charge in [0.1, 0.15) is 12.4 Å². The molecule has 2 heterocycles. The number of aromatic nitrogens is 1. The zero-order valence-corrected chi connectivity index (χ0v) is 26.2. The number of halogens is 2. The van der Waals surface area contributed by atoms with Gasteiger partial charge in [-0.1, -0.05) is 71.2 Å². The van der Waals surface area contributed by atoms with E-state index in [0.29, 0.717) is 47.1 Å². The van der Waals surface area contributed by atoms with Crippen LogP contribution in [0.1, 0.15) is 34.7 Å². The second-order valence-corrected chi connectivity index (χ2v) is 11.6. The average Bonchev–Trinajstić information content (AvgIpc) is 3.00. The Morgan fingerprint density at radius 3 is 2.35 bits per heavy atom. The normalized spacial score (nSPS) is 14.1. The zero-order valence-electron chi connectivity index (χ0n) is 24.6. The Balaban J connectivity index is 1.16. The fourth-order valence-electron chi connectivity index (χ4n) is 4.92. The molecule has 0 N–H and O–H groups in total. The minimum atomic E-state index is 0.0163. The standard InChI is InChI=1S/C35H35Cl2N3O3/c1-24-8-10-27(11-9-24)22-39-14-16-40(17-15-39)34(41)19-25(2)29-18-26(3)35(32(37)20-29)43-33-13-12-30(21-38-33)42-23-28-6-4-5-7-31(28)36/h4-13,18-21H,14-17,22-23H2,1-3H3/b25-19+. The molecule has 1 aromatic heterocycles. The highest BCUT2D eigenvalue weighted by Gasteiger charge is 2.20. The summed E-state index contributed by atoms with van der Waals surface area (Å²) in [5.74, 6) is 1.53. The molecule has 0 spiro atoms. The largest absolute Gasteiger partial charge is 0.487 e. The van der Waals surface area contributed by atoms with Gasteiger partial charge in [0, 0.05) is 55.5 Å². The Labute approximate surface area is 263 Å². The van der Waals surface area contributed by atoms with E-state index in [9.17, 15) is 4.79 Å². The number of aryl methyl sites for hydroxylation is 2. The molecule has 0 bridgehead atoms. The molecule has 0 saturated carbocycles. The monoisotopic (exact) mass is 615 g/mol. The molecule has 1 saturated heterocycles. The van der Waals surface area contributed by atoms with E-state index in [0.717, 1.165) is 41.9 Å². The third-order valence-corrected chi connectivity index (χ3v) is 8.15. The van der Waals surface area contributed by atoms with Crippen LogP contribution in [0.2, 0.25) is 10.0 Å². The van der Waals surface area contributed by atoms with Crippen molar-refractivity contribution in [2.24, 2.45) is 0 Å². The number of hydrogen-bond donors (Lipinski definition) is 0. The van der Waals surface area contributed by atoms with Crippen molar-refractivity contribution in [3.05, 3.63) is 123 Å². The lowest BCUT2D eigenvalue weighted by molar-refractivity contribution is -0.127. The van der Waals surface area contributed by atoms with Crippen LogP contribution < -0.4 is 9.47 Å². The topological polar surface area (TPSA) is 54.9 Å². The first kappa shape index (κ1) is 30.6. The van der Waals surface area contributed by atoms with E-state index < -0.39 is 0 Å². The number of piperazine rings is 1. The fraction of sp³-hybridized carbons (Fsp3) is 0.257. The molecule has 3 aromatic carbocycles. The maximum atomic E-state index is 13.1. The van der Waals surface area contributed by atoms with Crippen molar-refractivity contribution in [2.45, 2.75) is 33.9 Å². The molecule has 1 aliphatic heterocycles. The first-order valence-corrected chi connectivity index (χ1v) is 15.1. The predicted octanol–water partition coefficient (Wildman–Crippen LogP) is 8.12. The van der Waals surface area contributed by atoms with Crippen LogP contribution in [0.3, 0.4) is 0 Å². The number of rotatable bonds is 9. The zero-order chi connectivity index (χ0) is 30.3. The van der Waals surface area contributed by atoms with E-state index in [1.54, 1.807) is 24.4 Å². The first-order valence-electron chi connectivity index (χ1n) is 14.3. The van der Waals surface area contributed by atoms with Crippen molar-refractivity contribution in [2.75, 3.05) is 26.2 Å². The number of carbonyl (C=O) groups excluding carboxylic acids is 1. The average molecular weight is 617 g/mol. The molecule has 222 valence electrons. The highest BCUT2D eigenvalue weighted by Crippen LogP contribution is 2.35. The highest BCUT2D eigenvalue weighted by molar-refractivity contribution is 6.32. The smallest absolute Gasteiger partial charge is 0.246 e. The number of amides is 1. The second kappa shape index (κ2) is 14.1. The molecule has 0 radical (unpaired) electrons. The Morgan fingerprint density at radius 2 is 1.67 bits per heavy atom. The van der Waals surface area contributed by atoms with E-state index in [2.05, 4.69) is 41.1 Å². The predicted molar refractivity (Wildman–Crippen MR) is 173 cm³/mol. The van der Waals surface area contributed by atoms with Crippen molar-refractivity contribution in [3.8, 4) is 17.4 Å². The van der Waals surface area contributed by atoms with Gasteiger partial charge in [-0.25, -0.2) is 4.98 Å². The SMILES string of the molecule is C/C(=C\C(=O)N1CCN(Cc2ccc(C)cc2)CC1)c1cc(C)c(Oc2ccc(OCc3ccccc3Cl)cn2)c(Cl)c1. The van der Waals surface area contributed by atoms with E-state index in [1.807, 2.05) is 55.1 Å². The van der Waals surface area contributed by atoms with Crippen LogP contribution in [-0.4, -0.2) is 46.9 Å². The molecule has 0 aliphatic carbocycles. The van der Waals surface area contributed by atoms with Gasteiger partial charge in [-0.05, 0) is 67.3 Å². The lowest BCUT2D eigenvalue weighted by atomic mass is 10.0. The van der Waals surface area contributed by atoms with E-state index in [4.69, 9.17) is 32.7 Å². The molecular formula is C35H35Cl2N3O3. The summed E-state index contributed by atoms with van der Waals surface area (Å²) in [5, 5.41) is 1.10. The van der Waals surface area contributed by atoms with E-state index in [-0.39, 0.29) is 5.91 Å². The summed E-state index contributed by atoms with van der Waals surface area (Å²) in [6, 6.07) is 23.5. The van der Waals surface area contributed by atoms with Crippen molar-refractivity contribution in [1.29, 1.82) is 0 Å². The van der Waals surface area contributed by atoms with Crippen molar-refractivity contribution < 1.29 is 14.3 Å². The van der Waals surface area contributed by atoms with Gasteiger partial charge in [-0.3, -0.25) is 9.69 Å². The van der Waals surface area contributed by atoms with Crippen molar-refractivity contribution >= 4 is 34.7 Å². The molecule has 4 aromatic rings. The number of ether oxygens (including phenoxy) is 2. The van der Waals surface area contributed by atoms with Gasteiger partial charge < -0.3 is 14.4 Å². The van der Waals surface area contributed by atoms with E-state index in [1.165, 1.54) is 11.1 Å². The van der Waals surface area contributed by atoms with Gasteiger partial charge in [-0.2, -0.15) is 0 Å². The van der Waals surface area contributed by atoms with Gasteiger partial charge in [0.15, 0.2) is 5.75 Å². The molecule has 1 amide bonds. The van der Waals surface area contributed by atoms with Crippen molar-refractivity contribution in [1.82, 2.24) is 14.8 Å². The Kier molecular flexibility index (Phi) is 10.0. The maximum Gasteiger partial charge on any atom is 0.246 e. The summed E-state index contributed by atoms with van der Waals surface area (Å²) in [6.07, 6.45) is 3.30. The Bertz CT molecular complexity index is 1570. The summed E-state index contributed by atoms with van der Waals surface area (Å²) >= 11 is 12.9. The number of pyridine rings is 1. The molecule has 1 aliphatic rings. The molecular weight excluding hydrogens is 581 g/mol. The minimum absolute atomic E-state index is 0.0163. The maximum absolute atomic E-state index is 13.1. The summed E-state index contributed by atoms with van der Waals surface area (Å²) < 4.78 is 11.8. The fourth-order valence-corrected chi connectivity index (χ4v) is 5.41. The summed E-state index contributed by atoms with van der Waals surface area (Å²) in [5.41, 5.74) is 6.02. The third kappa shape index (κ3) is 8.17. The Morgan fingerprint density at radius 1 is 0.930 bits per heavy atom. The van der Waals surface area contributed by atoms with Crippen LogP contribution in [0.5, 0.6) is 17.4 Å². The summed E-state index contributed by atoms with van der Waals surface area (Å²) in [7, 11) is 0. The first-order chi connectivity index (χ1) is 20.7. The van der Waals surface area contributed by atoms with Crippen molar-refractivity contribution in [3.63, 3.8) is 0 Å². The van der Waals surface area contributed by atoms with Crippen LogP contribution in [-0.2, 0) is 17.9 Å². The van der Waals surface area contributed by atoms with Crippen LogP contribution in [0.25, 0.3) is 5.57 Å². The summed E-state index contributed by atoms with van der Waals surface area (Å²) in [6.45, 7) is 10.3. The minimum Gasteiger partial charge on any atom is -0.487 e. The quantitative estimate of drug-likeness (QED) is 0.178. The summed E-state index contributed by atoms with van der Waals surface area (Å²) in [4.78, 5) is 21.8. The Hall–Kier alpha value is -3.84. The van der Waals surface area contributed by atoms with Crippen LogP contribution in [0.15, 0.2) is 85.1 Å². The number of carbonyl (C=O) groups is 1. The second-order valence-electron chi connectivity index (χ2n) is 10.8. The van der Waals surface area contributed by atoms with Crippen LogP contribution >= 0.6 is 23.2 Å². The molecule has 43 heavy (non-hydrogen) atoms. The van der Waals surface area contributed by atoms with Gasteiger partial charge >= 0.3 is 0 Å². The van der Waals surface area contributed by atoms with E-state index >= 15 is 0 Å². The molecule has 8 heteroatoms. The van der Waals surface area contributed by atoms with Gasteiger partial charge in [-0.15, -0.1) is 0 Å². The number of allylic oxidation sites excluding steroid dienone is 1. The molecule has 6 nitrogen and oxygen atoms in total. The van der Waals surface area contributed by atoms with Crippen LogP contribution in [0, 0.1) is 13.8 Å². The van der Waals surface area contributed by atoms with Gasteiger partial charge in [0.2, 0.25) is 11.8 Å². The molecule has 0 unspecified atom stereocenters. The lowest BCUT2D eigenvalue weighted by Crippen LogP contribution is -2.47. The number of hydrogen-bond acceptors (Lipinski definition) is 5. The third-order valence-electron chi connectivity index (χ3n) is 7.50. The number of nitrogens with zero attached hydrogens (tertiary/aromatic N) is 3. The molecule has 1 fully saturated rings.